The topological polar surface area (TPSA) is 92.4 Å². The van der Waals surface area contributed by atoms with Gasteiger partial charge in [0.15, 0.2) is 0 Å². The van der Waals surface area contributed by atoms with Crippen LogP contribution in [0.3, 0.4) is 0 Å². The van der Waals surface area contributed by atoms with E-state index >= 15 is 0 Å². The molecule has 5 nitrogen and oxygen atoms in total. The SMILES string of the molecule is Cc1cc(F)c(N)cc1S(=O)(=O)NCC(O)C(F)F. The number of alkyl halides is 2. The Labute approximate surface area is 108 Å². The standard InChI is InChI=1S/C10H13F3N2O3S/c1-5-2-6(11)7(14)3-9(5)19(17,18)15-4-8(16)10(12)13/h2-3,8,10,15-16H,4,14H2,1H3. The highest BCUT2D eigenvalue weighted by molar-refractivity contribution is 7.89. The molecule has 0 spiro atoms. The highest BCUT2D eigenvalue weighted by Crippen LogP contribution is 2.21. The maximum absolute atomic E-state index is 13.1. The smallest absolute Gasteiger partial charge is 0.265 e. The molecule has 0 aliphatic heterocycles. The lowest BCUT2D eigenvalue weighted by Crippen LogP contribution is -2.36. The van der Waals surface area contributed by atoms with E-state index in [4.69, 9.17) is 10.8 Å². The summed E-state index contributed by atoms with van der Waals surface area (Å²) in [5.41, 5.74) is 4.95. The minimum Gasteiger partial charge on any atom is -0.396 e. The number of aliphatic hydroxyl groups excluding tert-OH is 1. The number of sulfonamides is 1. The molecule has 1 aromatic rings. The van der Waals surface area contributed by atoms with Crippen molar-refractivity contribution in [2.75, 3.05) is 12.3 Å². The number of hydrogen-bond donors (Lipinski definition) is 3. The zero-order valence-electron chi connectivity index (χ0n) is 9.90. The molecule has 1 atom stereocenters. The molecule has 108 valence electrons. The molecule has 1 rings (SSSR count). The minimum absolute atomic E-state index is 0.0748. The molecule has 9 heteroatoms. The molecule has 4 N–H and O–H groups in total. The highest BCUT2D eigenvalue weighted by atomic mass is 32.2. The van der Waals surface area contributed by atoms with Crippen LogP contribution in [0, 0.1) is 12.7 Å². The van der Waals surface area contributed by atoms with Gasteiger partial charge in [-0.15, -0.1) is 0 Å². The quantitative estimate of drug-likeness (QED) is 0.695. The molecule has 0 aliphatic carbocycles. The first-order valence-corrected chi connectivity index (χ1v) is 6.65. The van der Waals surface area contributed by atoms with Gasteiger partial charge in [0.05, 0.1) is 10.6 Å². The Kier molecular flexibility index (Phi) is 4.77. The van der Waals surface area contributed by atoms with Crippen molar-refractivity contribution in [2.24, 2.45) is 0 Å². The maximum Gasteiger partial charge on any atom is 0.265 e. The Hall–Kier alpha value is -1.32. The van der Waals surface area contributed by atoms with Crippen LogP contribution in [0.15, 0.2) is 17.0 Å². The van der Waals surface area contributed by atoms with E-state index in [0.717, 1.165) is 12.1 Å². The molecule has 0 bridgehead atoms. The Morgan fingerprint density at radius 1 is 1.42 bits per heavy atom. The molecular formula is C10H13F3N2O3S. The van der Waals surface area contributed by atoms with Gasteiger partial charge >= 0.3 is 0 Å². The van der Waals surface area contributed by atoms with E-state index in [1.165, 1.54) is 6.92 Å². The molecular weight excluding hydrogens is 285 g/mol. The summed E-state index contributed by atoms with van der Waals surface area (Å²) in [6, 6.07) is 1.81. The fourth-order valence-corrected chi connectivity index (χ4v) is 2.63. The van der Waals surface area contributed by atoms with E-state index in [2.05, 4.69) is 0 Å². The van der Waals surface area contributed by atoms with Gasteiger partial charge in [0.25, 0.3) is 6.43 Å². The first kappa shape index (κ1) is 15.7. The minimum atomic E-state index is -4.15. The number of benzene rings is 1. The molecule has 0 aliphatic rings. The molecule has 1 aromatic carbocycles. The largest absolute Gasteiger partial charge is 0.396 e. The van der Waals surface area contributed by atoms with Gasteiger partial charge in [-0.3, -0.25) is 0 Å². The van der Waals surface area contributed by atoms with Crippen LogP contribution in [0.2, 0.25) is 0 Å². The van der Waals surface area contributed by atoms with Gasteiger partial charge in [-0.25, -0.2) is 26.3 Å². The third-order valence-electron chi connectivity index (χ3n) is 2.36. The first-order chi connectivity index (χ1) is 8.65. The monoisotopic (exact) mass is 298 g/mol. The van der Waals surface area contributed by atoms with E-state index in [1.807, 2.05) is 4.72 Å². The molecule has 0 saturated carbocycles. The van der Waals surface area contributed by atoms with Crippen molar-refractivity contribution in [3.05, 3.63) is 23.5 Å². The van der Waals surface area contributed by atoms with E-state index < -0.39 is 34.9 Å². The van der Waals surface area contributed by atoms with E-state index in [9.17, 15) is 21.6 Å². The molecule has 0 radical (unpaired) electrons. The van der Waals surface area contributed by atoms with Gasteiger partial charge in [-0.05, 0) is 24.6 Å². The van der Waals surface area contributed by atoms with Crippen LogP contribution in [0.4, 0.5) is 18.9 Å². The Morgan fingerprint density at radius 2 is 2.00 bits per heavy atom. The summed E-state index contributed by atoms with van der Waals surface area (Å²) >= 11 is 0. The summed E-state index contributed by atoms with van der Waals surface area (Å²) in [5, 5.41) is 8.84. The van der Waals surface area contributed by atoms with Gasteiger partial charge in [0, 0.05) is 6.54 Å². The summed E-state index contributed by atoms with van der Waals surface area (Å²) in [6.45, 7) is 0.483. The van der Waals surface area contributed by atoms with Gasteiger partial charge in [-0.1, -0.05) is 0 Å². The second-order valence-electron chi connectivity index (χ2n) is 3.89. The zero-order valence-corrected chi connectivity index (χ0v) is 10.7. The lowest BCUT2D eigenvalue weighted by atomic mass is 10.2. The zero-order chi connectivity index (χ0) is 14.8. The Bertz CT molecular complexity index is 563. The van der Waals surface area contributed by atoms with Crippen LogP contribution < -0.4 is 10.5 Å². The van der Waals surface area contributed by atoms with Crippen molar-refractivity contribution in [3.8, 4) is 0 Å². The number of nitrogens with two attached hydrogens (primary N) is 1. The number of hydrogen-bond acceptors (Lipinski definition) is 4. The third kappa shape index (κ3) is 3.82. The molecule has 0 aromatic heterocycles. The number of halogens is 3. The van der Waals surface area contributed by atoms with Crippen LogP contribution in [0.1, 0.15) is 5.56 Å². The second kappa shape index (κ2) is 5.76. The summed E-state index contributed by atoms with van der Waals surface area (Å²) < 4.78 is 62.6. The fourth-order valence-electron chi connectivity index (χ4n) is 1.32. The molecule has 0 saturated heterocycles. The van der Waals surface area contributed by atoms with Crippen molar-refractivity contribution in [1.82, 2.24) is 4.72 Å². The molecule has 0 heterocycles. The number of aryl methyl sites for hydroxylation is 1. The molecule has 0 amide bonds. The van der Waals surface area contributed by atoms with Crippen LogP contribution >= 0.6 is 0 Å². The average molecular weight is 298 g/mol. The number of aliphatic hydroxyl groups is 1. The predicted molar refractivity (Wildman–Crippen MR) is 62.7 cm³/mol. The first-order valence-electron chi connectivity index (χ1n) is 5.16. The van der Waals surface area contributed by atoms with E-state index in [-0.39, 0.29) is 16.1 Å². The van der Waals surface area contributed by atoms with Gasteiger partial charge in [0.1, 0.15) is 11.9 Å². The maximum atomic E-state index is 13.1. The normalized spacial score (nSPS) is 13.8. The van der Waals surface area contributed by atoms with Crippen molar-refractivity contribution in [2.45, 2.75) is 24.3 Å². The Balaban J connectivity index is 2.98. The number of anilines is 1. The molecule has 0 fully saturated rings. The second-order valence-corrected chi connectivity index (χ2v) is 5.63. The fraction of sp³-hybridized carbons (Fsp3) is 0.400. The van der Waals surface area contributed by atoms with Crippen LogP contribution in [-0.2, 0) is 10.0 Å². The lowest BCUT2D eigenvalue weighted by molar-refractivity contribution is -0.000452. The number of rotatable bonds is 5. The molecule has 1 unspecified atom stereocenters. The van der Waals surface area contributed by atoms with Gasteiger partial charge in [0.2, 0.25) is 10.0 Å². The summed E-state index contributed by atoms with van der Waals surface area (Å²) in [6.07, 6.45) is -5.19. The van der Waals surface area contributed by atoms with E-state index in [0.29, 0.717) is 0 Å². The number of nitrogen functional groups attached to an aromatic ring is 1. The highest BCUT2D eigenvalue weighted by Gasteiger charge is 2.23. The third-order valence-corrected chi connectivity index (χ3v) is 3.92. The molecule has 19 heavy (non-hydrogen) atoms. The van der Waals surface area contributed by atoms with Gasteiger partial charge in [-0.2, -0.15) is 0 Å². The average Bonchev–Trinajstić information content (AvgIpc) is 2.30. The van der Waals surface area contributed by atoms with Crippen LogP contribution in [0.25, 0.3) is 0 Å². The number of nitrogens with one attached hydrogen (secondary N) is 1. The van der Waals surface area contributed by atoms with Crippen molar-refractivity contribution < 1.29 is 26.7 Å². The summed E-state index contributed by atoms with van der Waals surface area (Å²) in [4.78, 5) is -0.326. The van der Waals surface area contributed by atoms with Crippen LogP contribution in [-0.4, -0.2) is 32.6 Å². The lowest BCUT2D eigenvalue weighted by Gasteiger charge is -2.13. The van der Waals surface area contributed by atoms with Crippen molar-refractivity contribution in [3.63, 3.8) is 0 Å². The van der Waals surface area contributed by atoms with Gasteiger partial charge < -0.3 is 10.8 Å². The van der Waals surface area contributed by atoms with Crippen molar-refractivity contribution in [1.29, 1.82) is 0 Å². The Morgan fingerprint density at radius 3 is 2.53 bits per heavy atom. The van der Waals surface area contributed by atoms with Crippen LogP contribution in [0.5, 0.6) is 0 Å². The summed E-state index contributed by atoms with van der Waals surface area (Å²) in [7, 11) is -4.15. The van der Waals surface area contributed by atoms with E-state index in [1.54, 1.807) is 0 Å². The summed E-state index contributed by atoms with van der Waals surface area (Å²) in [5.74, 6) is -0.774. The van der Waals surface area contributed by atoms with Crippen molar-refractivity contribution >= 4 is 15.7 Å². The predicted octanol–water partition coefficient (Wildman–Crippen LogP) is 0.621.